The molecule has 144 valence electrons. The molecule has 2 nitrogen and oxygen atoms in total. The Kier molecular flexibility index (Phi) is 8.53. The summed E-state index contributed by atoms with van der Waals surface area (Å²) in [7, 11) is -3.55. The van der Waals surface area contributed by atoms with Crippen molar-refractivity contribution < 1.29 is 8.42 Å². The van der Waals surface area contributed by atoms with E-state index >= 15 is 0 Å². The summed E-state index contributed by atoms with van der Waals surface area (Å²) in [5.74, 6) is 0. The average molecular weight is 383 g/mol. The molecule has 0 N–H and O–H groups in total. The molecule has 0 heterocycles. The molecular formula is C24H30O2S. The van der Waals surface area contributed by atoms with Crippen molar-refractivity contribution in [3.05, 3.63) is 84.0 Å². The van der Waals surface area contributed by atoms with Crippen molar-refractivity contribution in [2.45, 2.75) is 62.2 Å². The molecule has 0 saturated heterocycles. The van der Waals surface area contributed by atoms with Crippen LogP contribution in [0, 0.1) is 0 Å². The highest BCUT2D eigenvalue weighted by Gasteiger charge is 2.22. The molecule has 0 aliphatic heterocycles. The molecule has 0 spiro atoms. The first kappa shape index (κ1) is 21.2. The molecule has 0 bridgehead atoms. The zero-order valence-corrected chi connectivity index (χ0v) is 17.2. The topological polar surface area (TPSA) is 34.1 Å². The number of rotatable bonds is 10. The molecule has 0 fully saturated rings. The lowest BCUT2D eigenvalue weighted by atomic mass is 10.1. The van der Waals surface area contributed by atoms with Crippen molar-refractivity contribution in [2.75, 3.05) is 0 Å². The van der Waals surface area contributed by atoms with E-state index in [1.807, 2.05) is 24.3 Å². The van der Waals surface area contributed by atoms with Gasteiger partial charge in [-0.1, -0.05) is 87.4 Å². The van der Waals surface area contributed by atoms with Gasteiger partial charge in [0.15, 0.2) is 0 Å². The molecule has 3 heteroatoms. The Bertz CT molecular complexity index is 809. The lowest BCUT2D eigenvalue weighted by Crippen LogP contribution is -2.08. The first-order chi connectivity index (χ1) is 13.1. The smallest absolute Gasteiger partial charge is 0.207 e. The molecule has 0 aliphatic rings. The van der Waals surface area contributed by atoms with Gasteiger partial charge in [-0.05, 0) is 48.9 Å². The summed E-state index contributed by atoms with van der Waals surface area (Å²) >= 11 is 0. The van der Waals surface area contributed by atoms with Crippen LogP contribution in [0.3, 0.4) is 0 Å². The second-order valence-corrected chi connectivity index (χ2v) is 8.53. The van der Waals surface area contributed by atoms with Crippen LogP contribution >= 0.6 is 0 Å². The number of hydrogen-bond acceptors (Lipinski definition) is 2. The van der Waals surface area contributed by atoms with Crippen molar-refractivity contribution in [3.8, 4) is 0 Å². The second-order valence-electron chi connectivity index (χ2n) is 6.65. The summed E-state index contributed by atoms with van der Waals surface area (Å²) in [4.78, 5) is 0.826. The van der Waals surface area contributed by atoms with E-state index in [0.717, 1.165) is 36.8 Å². The van der Waals surface area contributed by atoms with Crippen molar-refractivity contribution in [1.29, 1.82) is 0 Å². The standard InChI is InChI=1S/C24H30O2S/c1-3-5-7-9-15-21-17-11-13-19-23(21)27(25,26)24-20-14-12-18-22(24)16-10-8-6-4-2/h7-14,17-20H,3-6,15-16H2,1-2H3/b9-7-,10-8-. The van der Waals surface area contributed by atoms with E-state index in [-0.39, 0.29) is 0 Å². The van der Waals surface area contributed by atoms with Crippen LogP contribution in [0.15, 0.2) is 82.6 Å². The molecule has 2 aromatic carbocycles. The predicted molar refractivity (Wildman–Crippen MR) is 114 cm³/mol. The predicted octanol–water partition coefficient (Wildman–Crippen LogP) is 6.32. The number of unbranched alkanes of at least 4 members (excludes halogenated alkanes) is 2. The Morgan fingerprint density at radius 2 is 1.07 bits per heavy atom. The van der Waals surface area contributed by atoms with Crippen LogP contribution in [0.1, 0.15) is 50.7 Å². The normalized spacial score (nSPS) is 12.2. The average Bonchev–Trinajstić information content (AvgIpc) is 2.69. The maximum Gasteiger partial charge on any atom is 0.207 e. The van der Waals surface area contributed by atoms with Crippen LogP contribution in [0.4, 0.5) is 0 Å². The molecular weight excluding hydrogens is 352 g/mol. The highest BCUT2D eigenvalue weighted by atomic mass is 32.2. The van der Waals surface area contributed by atoms with E-state index in [2.05, 4.69) is 38.2 Å². The molecule has 0 amide bonds. The molecule has 27 heavy (non-hydrogen) atoms. The van der Waals surface area contributed by atoms with Gasteiger partial charge in [-0.3, -0.25) is 0 Å². The van der Waals surface area contributed by atoms with Crippen molar-refractivity contribution in [3.63, 3.8) is 0 Å². The van der Waals surface area contributed by atoms with E-state index in [1.165, 1.54) is 0 Å². The van der Waals surface area contributed by atoms with Crippen LogP contribution in [0.25, 0.3) is 0 Å². The van der Waals surface area contributed by atoms with Crippen molar-refractivity contribution in [2.24, 2.45) is 0 Å². The fraction of sp³-hybridized carbons (Fsp3) is 0.333. The van der Waals surface area contributed by atoms with Gasteiger partial charge in [0, 0.05) is 0 Å². The zero-order valence-electron chi connectivity index (χ0n) is 16.4. The van der Waals surface area contributed by atoms with Gasteiger partial charge in [0.2, 0.25) is 9.84 Å². The van der Waals surface area contributed by atoms with Crippen molar-refractivity contribution in [1.82, 2.24) is 0 Å². The molecule has 0 saturated carbocycles. The summed E-state index contributed by atoms with van der Waals surface area (Å²) in [6.07, 6.45) is 13.9. The molecule has 0 radical (unpaired) electrons. The number of sulfone groups is 1. The van der Waals surface area contributed by atoms with Crippen LogP contribution in [0.5, 0.6) is 0 Å². The minimum absolute atomic E-state index is 0.413. The Morgan fingerprint density at radius 3 is 1.48 bits per heavy atom. The molecule has 2 aromatic rings. The molecule has 0 aromatic heterocycles. The van der Waals surface area contributed by atoms with Crippen LogP contribution in [0.2, 0.25) is 0 Å². The Balaban J connectivity index is 2.37. The van der Waals surface area contributed by atoms with E-state index in [0.29, 0.717) is 22.6 Å². The third-order valence-electron chi connectivity index (χ3n) is 4.44. The maximum atomic E-state index is 13.4. The largest absolute Gasteiger partial charge is 0.218 e. The zero-order chi connectivity index (χ0) is 19.5. The Labute approximate surface area is 164 Å². The molecule has 0 aliphatic carbocycles. The quantitative estimate of drug-likeness (QED) is 0.451. The third-order valence-corrected chi connectivity index (χ3v) is 6.40. The molecule has 2 rings (SSSR count). The summed E-state index contributed by atoms with van der Waals surface area (Å²) in [6.45, 7) is 4.27. The lowest BCUT2D eigenvalue weighted by molar-refractivity contribution is 0.594. The van der Waals surface area contributed by atoms with Gasteiger partial charge in [-0.2, -0.15) is 0 Å². The van der Waals surface area contributed by atoms with Gasteiger partial charge in [0.25, 0.3) is 0 Å². The lowest BCUT2D eigenvalue weighted by Gasteiger charge is -2.12. The molecule has 0 unspecified atom stereocenters. The summed E-state index contributed by atoms with van der Waals surface area (Å²) in [6, 6.07) is 14.7. The van der Waals surface area contributed by atoms with Gasteiger partial charge in [-0.25, -0.2) is 8.42 Å². The van der Waals surface area contributed by atoms with E-state index in [1.54, 1.807) is 24.3 Å². The van der Waals surface area contributed by atoms with Gasteiger partial charge in [0.05, 0.1) is 9.79 Å². The van der Waals surface area contributed by atoms with Gasteiger partial charge < -0.3 is 0 Å². The number of benzene rings is 2. The SMILES string of the molecule is CCC/C=C\Cc1ccccc1S(=O)(=O)c1ccccc1C/C=C\CCC. The van der Waals surface area contributed by atoms with Gasteiger partial charge >= 0.3 is 0 Å². The first-order valence-electron chi connectivity index (χ1n) is 9.82. The third kappa shape index (κ3) is 5.93. The minimum Gasteiger partial charge on any atom is -0.218 e. The Hall–Kier alpha value is -2.13. The van der Waals surface area contributed by atoms with E-state index in [4.69, 9.17) is 0 Å². The molecule has 0 atom stereocenters. The minimum atomic E-state index is -3.55. The Morgan fingerprint density at radius 1 is 0.667 bits per heavy atom. The van der Waals surface area contributed by atoms with Crippen molar-refractivity contribution >= 4 is 9.84 Å². The fourth-order valence-electron chi connectivity index (χ4n) is 2.98. The highest BCUT2D eigenvalue weighted by Crippen LogP contribution is 2.27. The van der Waals surface area contributed by atoms with Crippen LogP contribution in [-0.2, 0) is 22.7 Å². The monoisotopic (exact) mass is 382 g/mol. The number of allylic oxidation sites excluding steroid dienone is 4. The van der Waals surface area contributed by atoms with Crippen LogP contribution in [-0.4, -0.2) is 8.42 Å². The highest BCUT2D eigenvalue weighted by molar-refractivity contribution is 7.91. The number of hydrogen-bond donors (Lipinski definition) is 0. The maximum absolute atomic E-state index is 13.4. The summed E-state index contributed by atoms with van der Waals surface area (Å²) < 4.78 is 26.8. The van der Waals surface area contributed by atoms with E-state index < -0.39 is 9.84 Å². The van der Waals surface area contributed by atoms with E-state index in [9.17, 15) is 8.42 Å². The fourth-order valence-corrected chi connectivity index (χ4v) is 4.72. The summed E-state index contributed by atoms with van der Waals surface area (Å²) in [5, 5.41) is 0. The summed E-state index contributed by atoms with van der Waals surface area (Å²) in [5.41, 5.74) is 1.70. The first-order valence-corrected chi connectivity index (χ1v) is 11.3. The van der Waals surface area contributed by atoms with Gasteiger partial charge in [0.1, 0.15) is 0 Å². The van der Waals surface area contributed by atoms with Gasteiger partial charge in [-0.15, -0.1) is 0 Å². The second kappa shape index (κ2) is 10.9. The van der Waals surface area contributed by atoms with Crippen LogP contribution < -0.4 is 0 Å².